The van der Waals surface area contributed by atoms with Gasteiger partial charge in [-0.15, -0.1) is 0 Å². The van der Waals surface area contributed by atoms with Crippen molar-refractivity contribution < 1.29 is 4.79 Å². The number of rotatable bonds is 5. The van der Waals surface area contributed by atoms with Gasteiger partial charge in [0.1, 0.15) is 0 Å². The molecule has 0 saturated heterocycles. The smallest absolute Gasteiger partial charge is 0.220 e. The second-order valence-electron chi connectivity index (χ2n) is 6.84. The Morgan fingerprint density at radius 1 is 1.22 bits per heavy atom. The van der Waals surface area contributed by atoms with Crippen molar-refractivity contribution in [1.82, 2.24) is 10.3 Å². The van der Waals surface area contributed by atoms with Crippen LogP contribution in [0.1, 0.15) is 36.1 Å². The van der Waals surface area contributed by atoms with Crippen LogP contribution in [0, 0.1) is 5.92 Å². The molecule has 0 aliphatic heterocycles. The third kappa shape index (κ3) is 2.76. The first-order chi connectivity index (χ1) is 11.3. The lowest BCUT2D eigenvalue weighted by Gasteiger charge is -2.12. The summed E-state index contributed by atoms with van der Waals surface area (Å²) in [5.74, 6) is 0.758. The lowest BCUT2D eigenvalue weighted by atomic mass is 9.95. The first-order valence-corrected chi connectivity index (χ1v) is 8.53. The van der Waals surface area contributed by atoms with Crippen molar-refractivity contribution in [3.8, 4) is 0 Å². The van der Waals surface area contributed by atoms with E-state index >= 15 is 0 Å². The summed E-state index contributed by atoms with van der Waals surface area (Å²) in [5, 5.41) is 3.13. The van der Waals surface area contributed by atoms with Gasteiger partial charge in [-0.25, -0.2) is 0 Å². The molecule has 3 heteroatoms. The number of hydrogen-bond acceptors (Lipinski definition) is 2. The zero-order valence-electron chi connectivity index (χ0n) is 13.3. The first-order valence-electron chi connectivity index (χ1n) is 8.53. The molecule has 118 valence electrons. The Hall–Kier alpha value is -2.16. The van der Waals surface area contributed by atoms with Crippen LogP contribution in [0.3, 0.4) is 0 Å². The summed E-state index contributed by atoms with van der Waals surface area (Å²) in [6.07, 6.45) is 6.68. The van der Waals surface area contributed by atoms with Gasteiger partial charge in [0.15, 0.2) is 0 Å². The van der Waals surface area contributed by atoms with Crippen LogP contribution in [-0.4, -0.2) is 17.4 Å². The van der Waals surface area contributed by atoms with Crippen LogP contribution in [-0.2, 0) is 23.1 Å². The van der Waals surface area contributed by atoms with E-state index in [9.17, 15) is 4.79 Å². The van der Waals surface area contributed by atoms with Gasteiger partial charge in [0.25, 0.3) is 0 Å². The van der Waals surface area contributed by atoms with Crippen molar-refractivity contribution in [3.63, 3.8) is 0 Å². The molecular formula is C20H22N2O. The van der Waals surface area contributed by atoms with Gasteiger partial charge in [-0.1, -0.05) is 30.3 Å². The summed E-state index contributed by atoms with van der Waals surface area (Å²) in [4.78, 5) is 16.3. The van der Waals surface area contributed by atoms with Gasteiger partial charge in [0.2, 0.25) is 5.91 Å². The number of hydrogen-bond donors (Lipinski definition) is 1. The predicted molar refractivity (Wildman–Crippen MR) is 90.1 cm³/mol. The van der Waals surface area contributed by atoms with Crippen molar-refractivity contribution in [2.45, 2.75) is 37.5 Å². The van der Waals surface area contributed by atoms with Gasteiger partial charge in [-0.2, -0.15) is 0 Å². The Balaban J connectivity index is 1.28. The maximum atomic E-state index is 12.1. The number of benzene rings is 1. The molecule has 0 bridgehead atoms. The monoisotopic (exact) mass is 306 g/mol. The molecule has 1 amide bonds. The van der Waals surface area contributed by atoms with E-state index in [1.165, 1.54) is 30.4 Å². The number of pyridine rings is 1. The fourth-order valence-corrected chi connectivity index (χ4v) is 4.11. The highest BCUT2D eigenvalue weighted by Crippen LogP contribution is 2.61. The van der Waals surface area contributed by atoms with E-state index in [1.807, 2.05) is 18.2 Å². The first kappa shape index (κ1) is 14.4. The van der Waals surface area contributed by atoms with Crippen LogP contribution in [0.5, 0.6) is 0 Å². The van der Waals surface area contributed by atoms with Crippen molar-refractivity contribution in [1.29, 1.82) is 0 Å². The molecule has 23 heavy (non-hydrogen) atoms. The lowest BCUT2D eigenvalue weighted by molar-refractivity contribution is -0.121. The molecule has 2 aromatic rings. The standard InChI is InChI=1S/C20H22N2O/c23-19(9-8-17-6-3-4-12-21-17)22-14-16-13-20(16)11-10-15-5-1-2-7-18(15)20/h1-7,12,16H,8-11,13-14H2,(H,22,23). The van der Waals surface area contributed by atoms with E-state index in [0.29, 0.717) is 24.2 Å². The number of aryl methyl sites for hydroxylation is 2. The number of nitrogens with one attached hydrogen (secondary N) is 1. The molecule has 4 rings (SSSR count). The highest BCUT2D eigenvalue weighted by atomic mass is 16.1. The van der Waals surface area contributed by atoms with E-state index in [2.05, 4.69) is 34.6 Å². The van der Waals surface area contributed by atoms with E-state index < -0.39 is 0 Å². The van der Waals surface area contributed by atoms with Gasteiger partial charge in [-0.05, 0) is 54.9 Å². The molecule has 1 aromatic carbocycles. The molecule has 1 spiro atoms. The highest BCUT2D eigenvalue weighted by Gasteiger charge is 2.57. The van der Waals surface area contributed by atoms with Crippen molar-refractivity contribution in [2.75, 3.05) is 6.54 Å². The number of carbonyl (C=O) groups is 1. The zero-order valence-corrected chi connectivity index (χ0v) is 13.3. The normalized spacial score (nSPS) is 24.4. The van der Waals surface area contributed by atoms with E-state index in [-0.39, 0.29) is 5.91 Å². The molecule has 1 saturated carbocycles. The zero-order chi connectivity index (χ0) is 15.7. The van der Waals surface area contributed by atoms with Crippen LogP contribution in [0.2, 0.25) is 0 Å². The number of fused-ring (bicyclic) bond motifs is 2. The third-order valence-electron chi connectivity index (χ3n) is 5.51. The predicted octanol–water partition coefficient (Wildman–Crippen LogP) is 3.03. The number of aromatic nitrogens is 1. The summed E-state index contributed by atoms with van der Waals surface area (Å²) >= 11 is 0. The largest absolute Gasteiger partial charge is 0.356 e. The molecular weight excluding hydrogens is 284 g/mol. The number of carbonyl (C=O) groups excluding carboxylic acids is 1. The van der Waals surface area contributed by atoms with Crippen LogP contribution in [0.15, 0.2) is 48.7 Å². The molecule has 0 radical (unpaired) electrons. The average molecular weight is 306 g/mol. The van der Waals surface area contributed by atoms with E-state index in [4.69, 9.17) is 0 Å². The number of amides is 1. The second kappa shape index (κ2) is 5.80. The summed E-state index contributed by atoms with van der Waals surface area (Å²) in [6.45, 7) is 0.815. The van der Waals surface area contributed by atoms with Gasteiger partial charge in [0, 0.05) is 30.3 Å². The lowest BCUT2D eigenvalue weighted by Crippen LogP contribution is -2.27. The van der Waals surface area contributed by atoms with Crippen LogP contribution in [0.25, 0.3) is 0 Å². The van der Waals surface area contributed by atoms with Gasteiger partial charge in [0.05, 0.1) is 0 Å². The van der Waals surface area contributed by atoms with Crippen LogP contribution >= 0.6 is 0 Å². The Bertz CT molecular complexity index is 713. The van der Waals surface area contributed by atoms with Crippen molar-refractivity contribution in [2.24, 2.45) is 5.92 Å². The molecule has 2 aliphatic carbocycles. The topological polar surface area (TPSA) is 42.0 Å². The molecule has 1 N–H and O–H groups in total. The fraction of sp³-hybridized carbons (Fsp3) is 0.400. The Morgan fingerprint density at radius 3 is 2.96 bits per heavy atom. The third-order valence-corrected chi connectivity index (χ3v) is 5.51. The minimum atomic E-state index is 0.143. The Morgan fingerprint density at radius 2 is 2.09 bits per heavy atom. The quantitative estimate of drug-likeness (QED) is 0.922. The van der Waals surface area contributed by atoms with Crippen molar-refractivity contribution in [3.05, 3.63) is 65.5 Å². The van der Waals surface area contributed by atoms with E-state index in [0.717, 1.165) is 12.2 Å². The summed E-state index contributed by atoms with van der Waals surface area (Å²) < 4.78 is 0. The fourth-order valence-electron chi connectivity index (χ4n) is 4.11. The molecule has 1 aromatic heterocycles. The maximum absolute atomic E-state index is 12.1. The molecule has 2 aliphatic rings. The van der Waals surface area contributed by atoms with E-state index in [1.54, 1.807) is 6.20 Å². The Kier molecular flexibility index (Phi) is 3.64. The molecule has 1 heterocycles. The second-order valence-corrected chi connectivity index (χ2v) is 6.84. The van der Waals surface area contributed by atoms with Crippen molar-refractivity contribution >= 4 is 5.91 Å². The Labute approximate surface area is 137 Å². The number of nitrogens with zero attached hydrogens (tertiary/aromatic N) is 1. The highest BCUT2D eigenvalue weighted by molar-refractivity contribution is 5.76. The maximum Gasteiger partial charge on any atom is 0.220 e. The van der Waals surface area contributed by atoms with Crippen LogP contribution < -0.4 is 5.32 Å². The summed E-state index contributed by atoms with van der Waals surface area (Å²) in [5.41, 5.74) is 4.39. The molecule has 2 atom stereocenters. The minimum Gasteiger partial charge on any atom is -0.356 e. The van der Waals surface area contributed by atoms with Gasteiger partial charge >= 0.3 is 0 Å². The SMILES string of the molecule is O=C(CCc1ccccn1)NCC1CC12CCc1ccccc12. The average Bonchev–Trinajstić information content (AvgIpc) is 3.19. The summed E-state index contributed by atoms with van der Waals surface area (Å²) in [6, 6.07) is 14.7. The van der Waals surface area contributed by atoms with Crippen LogP contribution in [0.4, 0.5) is 0 Å². The minimum absolute atomic E-state index is 0.143. The molecule has 2 unspecified atom stereocenters. The molecule has 1 fully saturated rings. The van der Waals surface area contributed by atoms with Gasteiger partial charge < -0.3 is 5.32 Å². The molecule has 3 nitrogen and oxygen atoms in total. The summed E-state index contributed by atoms with van der Waals surface area (Å²) in [7, 11) is 0. The van der Waals surface area contributed by atoms with Gasteiger partial charge in [-0.3, -0.25) is 9.78 Å².